The van der Waals surface area contributed by atoms with Gasteiger partial charge in [0, 0.05) is 24.7 Å². The van der Waals surface area contributed by atoms with Gasteiger partial charge in [0.15, 0.2) is 5.82 Å². The summed E-state index contributed by atoms with van der Waals surface area (Å²) in [6, 6.07) is 27.9. The number of aromatic amines is 1. The molecule has 5 rings (SSSR count). The number of methoxy groups -OCH3 is 1. The minimum Gasteiger partial charge on any atom is -0.497 e. The monoisotopic (exact) mass is 466 g/mol. The van der Waals surface area contributed by atoms with Crippen molar-refractivity contribution in [1.82, 2.24) is 30.1 Å². The first-order valence-corrected chi connectivity index (χ1v) is 11.4. The third kappa shape index (κ3) is 5.44. The van der Waals surface area contributed by atoms with Gasteiger partial charge in [-0.3, -0.25) is 9.69 Å². The van der Waals surface area contributed by atoms with Crippen LogP contribution in [-0.4, -0.2) is 37.2 Å². The molecule has 0 aliphatic rings. The molecule has 0 atom stereocenters. The number of aromatic nitrogens is 5. The van der Waals surface area contributed by atoms with E-state index in [-0.39, 0.29) is 5.56 Å². The Morgan fingerprint density at radius 3 is 2.37 bits per heavy atom. The van der Waals surface area contributed by atoms with Crippen LogP contribution < -0.4 is 10.3 Å². The van der Waals surface area contributed by atoms with Crippen LogP contribution in [0.4, 0.5) is 0 Å². The molecule has 176 valence electrons. The third-order valence-electron chi connectivity index (χ3n) is 5.92. The van der Waals surface area contributed by atoms with Gasteiger partial charge in [-0.25, -0.2) is 4.68 Å². The highest BCUT2D eigenvalue weighted by Gasteiger charge is 2.16. The van der Waals surface area contributed by atoms with E-state index in [1.54, 1.807) is 7.11 Å². The van der Waals surface area contributed by atoms with E-state index in [1.165, 1.54) is 0 Å². The first-order valence-electron chi connectivity index (χ1n) is 11.4. The first-order chi connectivity index (χ1) is 17.2. The van der Waals surface area contributed by atoms with Crippen LogP contribution >= 0.6 is 0 Å². The number of tetrazole rings is 1. The number of hydrogen-bond donors (Lipinski definition) is 1. The lowest BCUT2D eigenvalue weighted by Gasteiger charge is -2.22. The maximum atomic E-state index is 13.0. The fourth-order valence-electron chi connectivity index (χ4n) is 4.14. The van der Waals surface area contributed by atoms with Crippen LogP contribution in [0.1, 0.15) is 22.5 Å². The summed E-state index contributed by atoms with van der Waals surface area (Å²) >= 11 is 0. The topological polar surface area (TPSA) is 88.9 Å². The van der Waals surface area contributed by atoms with E-state index < -0.39 is 0 Å². The smallest absolute Gasteiger partial charge is 0.252 e. The second-order valence-corrected chi connectivity index (χ2v) is 8.45. The fraction of sp³-hybridized carbons (Fsp3) is 0.185. The van der Waals surface area contributed by atoms with Gasteiger partial charge in [-0.05, 0) is 45.1 Å². The summed E-state index contributed by atoms with van der Waals surface area (Å²) in [6.07, 6.45) is 0. The number of nitrogens with zero attached hydrogens (tertiary/aromatic N) is 5. The summed E-state index contributed by atoms with van der Waals surface area (Å²) in [6.45, 7) is 2.18. The molecule has 0 fully saturated rings. The standard InChI is InChI=1S/C27H26N6O2/c1-35-24-13-12-22-14-23(27(34)28-25(22)15-24)18-32(16-20-8-4-2-5-9-20)19-26-29-30-31-33(26)17-21-10-6-3-7-11-21/h2-15H,16-19H2,1H3,(H,28,34). The zero-order valence-corrected chi connectivity index (χ0v) is 19.5. The molecule has 0 saturated heterocycles. The predicted octanol–water partition coefficient (Wildman–Crippen LogP) is 3.77. The Kier molecular flexibility index (Phi) is 6.63. The van der Waals surface area contributed by atoms with E-state index in [9.17, 15) is 4.79 Å². The largest absolute Gasteiger partial charge is 0.497 e. The zero-order chi connectivity index (χ0) is 24.0. The number of rotatable bonds is 9. The van der Waals surface area contributed by atoms with Crippen LogP contribution in [0.25, 0.3) is 10.9 Å². The SMILES string of the molecule is COc1ccc2cc(CN(Cc3ccccc3)Cc3nnnn3Cc3ccccc3)c(=O)[nH]c2c1. The summed E-state index contributed by atoms with van der Waals surface area (Å²) in [7, 11) is 1.61. The molecule has 2 heterocycles. The molecule has 3 aromatic carbocycles. The molecule has 0 aliphatic heterocycles. The van der Waals surface area contributed by atoms with Gasteiger partial charge in [0.2, 0.25) is 0 Å². The molecular formula is C27H26N6O2. The predicted molar refractivity (Wildman–Crippen MR) is 134 cm³/mol. The van der Waals surface area contributed by atoms with Crippen LogP contribution in [0.5, 0.6) is 5.75 Å². The van der Waals surface area contributed by atoms with Crippen molar-refractivity contribution in [2.75, 3.05) is 7.11 Å². The van der Waals surface area contributed by atoms with Crippen molar-refractivity contribution in [2.45, 2.75) is 26.2 Å². The molecule has 2 aromatic heterocycles. The summed E-state index contributed by atoms with van der Waals surface area (Å²) in [4.78, 5) is 18.1. The normalized spacial score (nSPS) is 11.3. The first kappa shape index (κ1) is 22.5. The Morgan fingerprint density at radius 2 is 1.63 bits per heavy atom. The lowest BCUT2D eigenvalue weighted by atomic mass is 10.1. The Balaban J connectivity index is 1.43. The van der Waals surface area contributed by atoms with E-state index in [0.717, 1.165) is 27.9 Å². The summed E-state index contributed by atoms with van der Waals surface area (Å²) < 4.78 is 7.09. The molecule has 5 aromatic rings. The molecule has 0 amide bonds. The van der Waals surface area contributed by atoms with Crippen LogP contribution in [0.15, 0.2) is 89.7 Å². The molecule has 0 spiro atoms. The third-order valence-corrected chi connectivity index (χ3v) is 5.92. The highest BCUT2D eigenvalue weighted by atomic mass is 16.5. The molecule has 0 aliphatic carbocycles. The Hall–Kier alpha value is -4.30. The maximum absolute atomic E-state index is 13.0. The van der Waals surface area contributed by atoms with E-state index in [0.29, 0.717) is 37.5 Å². The average Bonchev–Trinajstić information content (AvgIpc) is 3.31. The number of ether oxygens (including phenoxy) is 1. The van der Waals surface area contributed by atoms with Gasteiger partial charge in [0.25, 0.3) is 5.56 Å². The van der Waals surface area contributed by atoms with Crippen molar-refractivity contribution in [2.24, 2.45) is 0 Å². The van der Waals surface area contributed by atoms with Crippen LogP contribution in [0, 0.1) is 0 Å². The van der Waals surface area contributed by atoms with Gasteiger partial charge in [-0.15, -0.1) is 5.10 Å². The van der Waals surface area contributed by atoms with E-state index in [2.05, 4.69) is 49.7 Å². The molecule has 0 unspecified atom stereocenters. The van der Waals surface area contributed by atoms with E-state index >= 15 is 0 Å². The number of nitrogens with one attached hydrogen (secondary N) is 1. The van der Waals surface area contributed by atoms with Gasteiger partial charge >= 0.3 is 0 Å². The van der Waals surface area contributed by atoms with Crippen LogP contribution in [0.3, 0.4) is 0 Å². The lowest BCUT2D eigenvalue weighted by Crippen LogP contribution is -2.28. The molecule has 0 bridgehead atoms. The van der Waals surface area contributed by atoms with E-state index in [1.807, 2.05) is 65.3 Å². The highest BCUT2D eigenvalue weighted by Crippen LogP contribution is 2.20. The second kappa shape index (κ2) is 10.3. The summed E-state index contributed by atoms with van der Waals surface area (Å²) in [5.74, 6) is 1.45. The van der Waals surface area contributed by atoms with Gasteiger partial charge in [-0.2, -0.15) is 0 Å². The number of H-pyrrole nitrogens is 1. The number of fused-ring (bicyclic) bond motifs is 1. The Morgan fingerprint density at radius 1 is 0.886 bits per heavy atom. The fourth-order valence-corrected chi connectivity index (χ4v) is 4.14. The van der Waals surface area contributed by atoms with Gasteiger partial charge in [0.1, 0.15) is 5.75 Å². The van der Waals surface area contributed by atoms with Crippen molar-refractivity contribution in [3.63, 3.8) is 0 Å². The molecule has 0 saturated carbocycles. The van der Waals surface area contributed by atoms with Crippen LogP contribution in [0.2, 0.25) is 0 Å². The van der Waals surface area contributed by atoms with Crippen molar-refractivity contribution in [3.05, 3.63) is 118 Å². The Bertz CT molecular complexity index is 1460. The summed E-state index contributed by atoms with van der Waals surface area (Å²) in [5.41, 5.74) is 3.58. The summed E-state index contributed by atoms with van der Waals surface area (Å²) in [5, 5.41) is 13.4. The van der Waals surface area contributed by atoms with Crippen LogP contribution in [-0.2, 0) is 26.2 Å². The van der Waals surface area contributed by atoms with Crippen molar-refractivity contribution >= 4 is 10.9 Å². The second-order valence-electron chi connectivity index (χ2n) is 8.45. The molecule has 35 heavy (non-hydrogen) atoms. The number of hydrogen-bond acceptors (Lipinski definition) is 6. The molecule has 8 heteroatoms. The zero-order valence-electron chi connectivity index (χ0n) is 19.5. The van der Waals surface area contributed by atoms with Crippen molar-refractivity contribution in [3.8, 4) is 5.75 Å². The molecule has 0 radical (unpaired) electrons. The molecule has 8 nitrogen and oxygen atoms in total. The van der Waals surface area contributed by atoms with Crippen molar-refractivity contribution < 1.29 is 4.74 Å². The molecule has 1 N–H and O–H groups in total. The van der Waals surface area contributed by atoms with Gasteiger partial charge < -0.3 is 9.72 Å². The van der Waals surface area contributed by atoms with E-state index in [4.69, 9.17) is 4.74 Å². The minimum absolute atomic E-state index is 0.118. The average molecular weight is 467 g/mol. The Labute approximate surface area is 202 Å². The van der Waals surface area contributed by atoms with Gasteiger partial charge in [-0.1, -0.05) is 60.7 Å². The maximum Gasteiger partial charge on any atom is 0.252 e. The minimum atomic E-state index is -0.118. The van der Waals surface area contributed by atoms with Crippen molar-refractivity contribution in [1.29, 1.82) is 0 Å². The molecular weight excluding hydrogens is 440 g/mol. The number of pyridine rings is 1. The number of benzene rings is 3. The lowest BCUT2D eigenvalue weighted by molar-refractivity contribution is 0.236. The quantitative estimate of drug-likeness (QED) is 0.356. The highest BCUT2D eigenvalue weighted by molar-refractivity contribution is 5.80. The van der Waals surface area contributed by atoms with Gasteiger partial charge in [0.05, 0.1) is 25.7 Å².